The fourth-order valence-electron chi connectivity index (χ4n) is 4.12. The number of carbonyl (C=O) groups excluding carboxylic acids is 1. The predicted octanol–water partition coefficient (Wildman–Crippen LogP) is 2.84. The molecule has 7 nitrogen and oxygen atoms in total. The Morgan fingerprint density at radius 2 is 2.10 bits per heavy atom. The average molecular weight is 428 g/mol. The number of nitrogens with zero attached hydrogens (tertiary/aromatic N) is 4. The van der Waals surface area contributed by atoms with Crippen LogP contribution < -0.4 is 5.32 Å². The van der Waals surface area contributed by atoms with Crippen LogP contribution in [0.25, 0.3) is 5.65 Å². The lowest BCUT2D eigenvalue weighted by atomic mass is 10.1. The zero-order valence-corrected chi connectivity index (χ0v) is 18.7. The number of ether oxygens (including phenoxy) is 1. The number of aromatic nitrogens is 3. The molecule has 0 spiro atoms. The number of hydrogen-bond donors (Lipinski definition) is 1. The topological polar surface area (TPSA) is 71.8 Å². The summed E-state index contributed by atoms with van der Waals surface area (Å²) in [6.07, 6.45) is 1.10. The van der Waals surface area contributed by atoms with Crippen LogP contribution in [0.5, 0.6) is 0 Å². The minimum absolute atomic E-state index is 0.0698. The van der Waals surface area contributed by atoms with Gasteiger partial charge in [0, 0.05) is 48.4 Å². The fraction of sp³-hybridized carbons (Fsp3) is 0.500. The van der Waals surface area contributed by atoms with Crippen molar-refractivity contribution in [1.82, 2.24) is 24.8 Å². The number of morpholine rings is 1. The van der Waals surface area contributed by atoms with E-state index >= 15 is 0 Å². The van der Waals surface area contributed by atoms with Crippen LogP contribution in [0.15, 0.2) is 23.6 Å². The summed E-state index contributed by atoms with van der Waals surface area (Å²) in [5.74, 6) is 0.0698. The Hall–Kier alpha value is -2.29. The lowest BCUT2D eigenvalue weighted by Gasteiger charge is -2.34. The average Bonchev–Trinajstić information content (AvgIpc) is 3.38. The van der Waals surface area contributed by atoms with Gasteiger partial charge in [-0.2, -0.15) is 5.10 Å². The molecule has 0 aliphatic carbocycles. The summed E-state index contributed by atoms with van der Waals surface area (Å²) >= 11 is 1.74. The van der Waals surface area contributed by atoms with E-state index in [1.165, 1.54) is 4.88 Å². The third-order valence-electron chi connectivity index (χ3n) is 5.74. The Bertz CT molecular complexity index is 1010. The molecule has 3 aromatic rings. The van der Waals surface area contributed by atoms with E-state index < -0.39 is 0 Å². The van der Waals surface area contributed by atoms with Crippen molar-refractivity contribution in [1.29, 1.82) is 0 Å². The molecule has 1 fully saturated rings. The van der Waals surface area contributed by atoms with Gasteiger partial charge in [-0.3, -0.25) is 9.69 Å². The summed E-state index contributed by atoms with van der Waals surface area (Å²) in [7, 11) is 0. The van der Waals surface area contributed by atoms with Crippen LogP contribution in [-0.4, -0.2) is 58.3 Å². The molecular formula is C22H29N5O2S. The van der Waals surface area contributed by atoms with Gasteiger partial charge in [-0.05, 0) is 44.2 Å². The number of hydrogen-bond acceptors (Lipinski definition) is 6. The molecule has 8 heteroatoms. The molecule has 0 saturated carbocycles. The van der Waals surface area contributed by atoms with Gasteiger partial charge in [0.2, 0.25) is 5.91 Å². The van der Waals surface area contributed by atoms with Gasteiger partial charge >= 0.3 is 0 Å². The standard InChI is InChI=1S/C22H29N5O2S/c1-15-13-21-24-16(2)18(17(3)27(21)25-15)6-7-22(28)23-14-19(20-5-4-12-30-20)26-8-10-29-11-9-26/h4-5,12-13,19H,6-11,14H2,1-3H3,(H,23,28)/t19-/m0/s1. The van der Waals surface area contributed by atoms with E-state index in [0.717, 1.165) is 54.6 Å². The summed E-state index contributed by atoms with van der Waals surface area (Å²) in [5.41, 5.74) is 4.94. The Morgan fingerprint density at radius 1 is 1.30 bits per heavy atom. The first kappa shape index (κ1) is 21.0. The van der Waals surface area contributed by atoms with Crippen molar-refractivity contribution in [2.24, 2.45) is 0 Å². The van der Waals surface area contributed by atoms with Gasteiger partial charge in [-0.1, -0.05) is 6.07 Å². The number of aryl methyl sites for hydroxylation is 3. The second kappa shape index (κ2) is 9.24. The summed E-state index contributed by atoms with van der Waals surface area (Å²) in [6.45, 7) is 9.92. The minimum Gasteiger partial charge on any atom is -0.379 e. The molecule has 160 valence electrons. The number of nitrogens with one attached hydrogen (secondary N) is 1. The maximum atomic E-state index is 12.7. The molecule has 0 unspecified atom stereocenters. The van der Waals surface area contributed by atoms with Gasteiger partial charge in [0.25, 0.3) is 0 Å². The van der Waals surface area contributed by atoms with E-state index in [-0.39, 0.29) is 11.9 Å². The highest BCUT2D eigenvalue weighted by molar-refractivity contribution is 7.10. The normalized spacial score (nSPS) is 16.1. The molecule has 0 aromatic carbocycles. The van der Waals surface area contributed by atoms with Crippen molar-refractivity contribution in [3.05, 3.63) is 51.1 Å². The van der Waals surface area contributed by atoms with Crippen LogP contribution in [0.1, 0.15) is 40.0 Å². The third kappa shape index (κ3) is 4.55. The fourth-order valence-corrected chi connectivity index (χ4v) is 4.98. The molecule has 1 N–H and O–H groups in total. The van der Waals surface area contributed by atoms with Crippen LogP contribution in [0.2, 0.25) is 0 Å². The number of rotatable bonds is 7. The lowest BCUT2D eigenvalue weighted by Crippen LogP contribution is -2.43. The minimum atomic E-state index is 0.0698. The molecule has 1 saturated heterocycles. The number of amides is 1. The monoisotopic (exact) mass is 427 g/mol. The highest BCUT2D eigenvalue weighted by Crippen LogP contribution is 2.25. The van der Waals surface area contributed by atoms with Gasteiger partial charge in [0.1, 0.15) is 0 Å². The maximum absolute atomic E-state index is 12.7. The van der Waals surface area contributed by atoms with Crippen LogP contribution in [0.3, 0.4) is 0 Å². The predicted molar refractivity (Wildman–Crippen MR) is 118 cm³/mol. The van der Waals surface area contributed by atoms with Gasteiger partial charge < -0.3 is 10.1 Å². The molecule has 0 radical (unpaired) electrons. The smallest absolute Gasteiger partial charge is 0.220 e. The largest absolute Gasteiger partial charge is 0.379 e. The lowest BCUT2D eigenvalue weighted by molar-refractivity contribution is -0.121. The van der Waals surface area contributed by atoms with Crippen LogP contribution in [0, 0.1) is 20.8 Å². The SMILES string of the molecule is Cc1cc2nc(C)c(CCC(=O)NC[C@@H](c3cccs3)N3CCOCC3)c(C)n2n1. The molecule has 4 rings (SSSR count). The van der Waals surface area contributed by atoms with Crippen molar-refractivity contribution in [3.8, 4) is 0 Å². The Labute approximate surface area is 181 Å². The van der Waals surface area contributed by atoms with Crippen molar-refractivity contribution in [2.75, 3.05) is 32.8 Å². The summed E-state index contributed by atoms with van der Waals surface area (Å²) < 4.78 is 7.37. The molecule has 1 aliphatic heterocycles. The van der Waals surface area contributed by atoms with Crippen LogP contribution >= 0.6 is 11.3 Å². The van der Waals surface area contributed by atoms with Crippen molar-refractivity contribution >= 4 is 22.9 Å². The first-order chi connectivity index (χ1) is 14.5. The second-order valence-corrected chi connectivity index (χ2v) is 8.78. The second-order valence-electron chi connectivity index (χ2n) is 7.80. The van der Waals surface area contributed by atoms with Crippen LogP contribution in [0.4, 0.5) is 0 Å². The number of carbonyl (C=O) groups is 1. The zero-order valence-electron chi connectivity index (χ0n) is 17.9. The molecule has 1 atom stereocenters. The summed E-state index contributed by atoms with van der Waals surface area (Å²) in [6, 6.07) is 6.40. The number of thiophene rings is 1. The van der Waals surface area contributed by atoms with Crippen molar-refractivity contribution < 1.29 is 9.53 Å². The molecule has 3 aromatic heterocycles. The third-order valence-corrected chi connectivity index (χ3v) is 6.71. The molecule has 1 aliphatic rings. The quantitative estimate of drug-likeness (QED) is 0.628. The first-order valence-electron chi connectivity index (χ1n) is 10.5. The Balaban J connectivity index is 1.39. The van der Waals surface area contributed by atoms with E-state index in [2.05, 4.69) is 37.8 Å². The van der Waals surface area contributed by atoms with E-state index in [4.69, 9.17) is 4.74 Å². The van der Waals surface area contributed by atoms with Gasteiger partial charge in [-0.15, -0.1) is 11.3 Å². The molecule has 1 amide bonds. The molecular weight excluding hydrogens is 398 g/mol. The summed E-state index contributed by atoms with van der Waals surface area (Å²) in [4.78, 5) is 21.0. The molecule has 30 heavy (non-hydrogen) atoms. The van der Waals surface area contributed by atoms with Crippen molar-refractivity contribution in [2.45, 2.75) is 39.7 Å². The Morgan fingerprint density at radius 3 is 2.83 bits per heavy atom. The first-order valence-corrected chi connectivity index (χ1v) is 11.3. The van der Waals surface area contributed by atoms with Gasteiger partial charge in [-0.25, -0.2) is 9.50 Å². The zero-order chi connectivity index (χ0) is 21.1. The molecule has 4 heterocycles. The summed E-state index contributed by atoms with van der Waals surface area (Å²) in [5, 5.41) is 9.78. The Kier molecular flexibility index (Phi) is 6.46. The van der Waals surface area contributed by atoms with E-state index in [1.54, 1.807) is 11.3 Å². The van der Waals surface area contributed by atoms with E-state index in [0.29, 0.717) is 19.4 Å². The maximum Gasteiger partial charge on any atom is 0.220 e. The van der Waals surface area contributed by atoms with E-state index in [1.807, 2.05) is 31.4 Å². The highest BCUT2D eigenvalue weighted by atomic mass is 32.1. The van der Waals surface area contributed by atoms with Gasteiger partial charge in [0.05, 0.1) is 24.9 Å². The van der Waals surface area contributed by atoms with Crippen molar-refractivity contribution in [3.63, 3.8) is 0 Å². The highest BCUT2D eigenvalue weighted by Gasteiger charge is 2.24. The van der Waals surface area contributed by atoms with Gasteiger partial charge in [0.15, 0.2) is 5.65 Å². The van der Waals surface area contributed by atoms with E-state index in [9.17, 15) is 4.79 Å². The molecule has 0 bridgehead atoms. The number of fused-ring (bicyclic) bond motifs is 1. The van der Waals surface area contributed by atoms with Crippen LogP contribution in [-0.2, 0) is 16.0 Å².